The Morgan fingerprint density at radius 2 is 2.16 bits per heavy atom. The second-order valence-electron chi connectivity index (χ2n) is 4.55. The summed E-state index contributed by atoms with van der Waals surface area (Å²) in [6.45, 7) is 1.46. The molecule has 0 unspecified atom stereocenters. The maximum Gasteiger partial charge on any atom is 0.261 e. The van der Waals surface area contributed by atoms with Crippen molar-refractivity contribution in [1.29, 1.82) is 5.26 Å². The summed E-state index contributed by atoms with van der Waals surface area (Å²) >= 11 is 0. The molecule has 0 aliphatic carbocycles. The minimum absolute atomic E-state index is 0.0865. The molecule has 19 heavy (non-hydrogen) atoms. The minimum atomic E-state index is -3.68. The van der Waals surface area contributed by atoms with Crippen molar-refractivity contribution in [3.05, 3.63) is 23.9 Å². The van der Waals surface area contributed by atoms with E-state index in [0.717, 1.165) is 12.8 Å². The molecular weight excluding hydrogens is 264 g/mol. The van der Waals surface area contributed by atoms with Crippen molar-refractivity contribution >= 4 is 10.0 Å². The summed E-state index contributed by atoms with van der Waals surface area (Å²) in [6, 6.07) is 4.89. The zero-order valence-corrected chi connectivity index (χ0v) is 11.3. The van der Waals surface area contributed by atoms with Gasteiger partial charge in [-0.2, -0.15) is 9.57 Å². The van der Waals surface area contributed by atoms with E-state index in [2.05, 4.69) is 4.98 Å². The SMILES string of the molecule is N#Cc1cccnc1S(=O)(=O)N1CCC(CN)CC1. The second kappa shape index (κ2) is 5.65. The Morgan fingerprint density at radius 1 is 1.47 bits per heavy atom. The highest BCUT2D eigenvalue weighted by Gasteiger charge is 2.31. The van der Waals surface area contributed by atoms with E-state index in [1.54, 1.807) is 6.07 Å². The van der Waals surface area contributed by atoms with Gasteiger partial charge in [0.15, 0.2) is 5.03 Å². The van der Waals surface area contributed by atoms with E-state index in [4.69, 9.17) is 11.0 Å². The molecule has 1 aromatic rings. The highest BCUT2D eigenvalue weighted by molar-refractivity contribution is 7.89. The fourth-order valence-corrected chi connectivity index (χ4v) is 3.71. The van der Waals surface area contributed by atoms with Gasteiger partial charge in [0.05, 0.1) is 5.56 Å². The van der Waals surface area contributed by atoms with Crippen LogP contribution in [0.25, 0.3) is 0 Å². The third-order valence-corrected chi connectivity index (χ3v) is 5.24. The van der Waals surface area contributed by atoms with Crippen LogP contribution < -0.4 is 5.73 Å². The van der Waals surface area contributed by atoms with Gasteiger partial charge in [0, 0.05) is 19.3 Å². The molecule has 0 amide bonds. The number of hydrogen-bond donors (Lipinski definition) is 1. The number of nitriles is 1. The summed E-state index contributed by atoms with van der Waals surface area (Å²) in [4.78, 5) is 3.86. The predicted molar refractivity (Wildman–Crippen MR) is 69.5 cm³/mol. The maximum absolute atomic E-state index is 12.4. The van der Waals surface area contributed by atoms with Gasteiger partial charge in [0.1, 0.15) is 6.07 Å². The third kappa shape index (κ3) is 2.76. The quantitative estimate of drug-likeness (QED) is 0.859. The number of piperidine rings is 1. The normalized spacial score (nSPS) is 18.1. The van der Waals surface area contributed by atoms with Gasteiger partial charge in [-0.1, -0.05) is 0 Å². The first-order valence-corrected chi connectivity index (χ1v) is 7.59. The number of sulfonamides is 1. The molecule has 2 heterocycles. The Kier molecular flexibility index (Phi) is 4.14. The van der Waals surface area contributed by atoms with Crippen LogP contribution in [0.4, 0.5) is 0 Å². The van der Waals surface area contributed by atoms with E-state index in [1.807, 2.05) is 6.07 Å². The molecule has 1 saturated heterocycles. The van der Waals surface area contributed by atoms with E-state index < -0.39 is 10.0 Å². The Balaban J connectivity index is 2.27. The number of nitrogens with zero attached hydrogens (tertiary/aromatic N) is 3. The topological polar surface area (TPSA) is 100 Å². The summed E-state index contributed by atoms with van der Waals surface area (Å²) < 4.78 is 26.3. The molecule has 0 spiro atoms. The molecule has 0 saturated carbocycles. The maximum atomic E-state index is 12.4. The van der Waals surface area contributed by atoms with Gasteiger partial charge in [0.25, 0.3) is 10.0 Å². The molecule has 2 N–H and O–H groups in total. The zero-order valence-electron chi connectivity index (χ0n) is 10.5. The number of aromatic nitrogens is 1. The highest BCUT2D eigenvalue weighted by Crippen LogP contribution is 2.23. The monoisotopic (exact) mass is 280 g/mol. The molecule has 7 heteroatoms. The summed E-state index contributed by atoms with van der Waals surface area (Å²) in [5.74, 6) is 0.380. The van der Waals surface area contributed by atoms with E-state index >= 15 is 0 Å². The van der Waals surface area contributed by atoms with Crippen molar-refractivity contribution in [3.63, 3.8) is 0 Å². The molecule has 1 aliphatic heterocycles. The van der Waals surface area contributed by atoms with Gasteiger partial charge in [-0.3, -0.25) is 0 Å². The van der Waals surface area contributed by atoms with Gasteiger partial charge < -0.3 is 5.73 Å². The van der Waals surface area contributed by atoms with Crippen LogP contribution in [-0.4, -0.2) is 37.3 Å². The molecule has 1 fully saturated rings. The Hall–Kier alpha value is -1.49. The summed E-state index contributed by atoms with van der Waals surface area (Å²) in [7, 11) is -3.68. The highest BCUT2D eigenvalue weighted by atomic mass is 32.2. The first-order valence-electron chi connectivity index (χ1n) is 6.15. The number of hydrogen-bond acceptors (Lipinski definition) is 5. The van der Waals surface area contributed by atoms with Crippen LogP contribution in [0.15, 0.2) is 23.4 Å². The van der Waals surface area contributed by atoms with Crippen molar-refractivity contribution in [2.75, 3.05) is 19.6 Å². The van der Waals surface area contributed by atoms with Gasteiger partial charge in [-0.15, -0.1) is 0 Å². The Morgan fingerprint density at radius 3 is 2.74 bits per heavy atom. The van der Waals surface area contributed by atoms with Crippen LogP contribution in [0.5, 0.6) is 0 Å². The van der Waals surface area contributed by atoms with E-state index in [0.29, 0.717) is 25.6 Å². The molecule has 1 aromatic heterocycles. The van der Waals surface area contributed by atoms with E-state index in [9.17, 15) is 8.42 Å². The van der Waals surface area contributed by atoms with Crippen LogP contribution in [0, 0.1) is 17.2 Å². The number of pyridine rings is 1. The first kappa shape index (κ1) is 13.9. The Labute approximate surface area is 112 Å². The molecule has 0 radical (unpaired) electrons. The lowest BCUT2D eigenvalue weighted by Gasteiger charge is -2.30. The molecule has 0 aromatic carbocycles. The van der Waals surface area contributed by atoms with E-state index in [1.165, 1.54) is 16.6 Å². The lowest BCUT2D eigenvalue weighted by atomic mass is 9.99. The van der Waals surface area contributed by atoms with E-state index in [-0.39, 0.29) is 10.6 Å². The minimum Gasteiger partial charge on any atom is -0.330 e. The fourth-order valence-electron chi connectivity index (χ4n) is 2.19. The second-order valence-corrected chi connectivity index (χ2v) is 6.40. The van der Waals surface area contributed by atoms with Crippen LogP contribution >= 0.6 is 0 Å². The first-order chi connectivity index (χ1) is 9.09. The van der Waals surface area contributed by atoms with Crippen molar-refractivity contribution in [3.8, 4) is 6.07 Å². The van der Waals surface area contributed by atoms with Crippen LogP contribution in [0.1, 0.15) is 18.4 Å². The summed E-state index contributed by atoms with van der Waals surface area (Å²) in [5, 5.41) is 8.82. The average Bonchev–Trinajstić information content (AvgIpc) is 2.47. The van der Waals surface area contributed by atoms with Gasteiger partial charge in [-0.05, 0) is 37.4 Å². The van der Waals surface area contributed by atoms with Gasteiger partial charge in [-0.25, -0.2) is 13.4 Å². The third-order valence-electron chi connectivity index (χ3n) is 3.38. The molecule has 0 bridgehead atoms. The predicted octanol–water partition coefficient (Wildman–Crippen LogP) is 0.313. The van der Waals surface area contributed by atoms with Crippen LogP contribution in [0.2, 0.25) is 0 Å². The molecule has 6 nitrogen and oxygen atoms in total. The number of rotatable bonds is 3. The van der Waals surface area contributed by atoms with Crippen molar-refractivity contribution in [2.24, 2.45) is 11.7 Å². The summed E-state index contributed by atoms with van der Waals surface area (Å²) in [6.07, 6.45) is 2.90. The van der Waals surface area contributed by atoms with Crippen molar-refractivity contribution < 1.29 is 8.42 Å². The fraction of sp³-hybridized carbons (Fsp3) is 0.500. The van der Waals surface area contributed by atoms with Gasteiger partial charge in [0.2, 0.25) is 0 Å². The number of nitrogens with two attached hydrogens (primary N) is 1. The average molecular weight is 280 g/mol. The summed E-state index contributed by atoms with van der Waals surface area (Å²) in [5.41, 5.74) is 5.68. The van der Waals surface area contributed by atoms with Crippen molar-refractivity contribution in [2.45, 2.75) is 17.9 Å². The standard InChI is InChI=1S/C12H16N4O2S/c13-8-10-3-6-16(7-4-10)19(17,18)12-11(9-14)2-1-5-15-12/h1-2,5,10H,3-4,6-8,13H2. The lowest BCUT2D eigenvalue weighted by Crippen LogP contribution is -2.40. The van der Waals surface area contributed by atoms with Gasteiger partial charge >= 0.3 is 0 Å². The Bertz CT molecular complexity index is 586. The molecule has 102 valence electrons. The molecule has 1 aliphatic rings. The lowest BCUT2D eigenvalue weighted by molar-refractivity contribution is 0.278. The molecule has 2 rings (SSSR count). The molecular formula is C12H16N4O2S. The largest absolute Gasteiger partial charge is 0.330 e. The smallest absolute Gasteiger partial charge is 0.261 e. The zero-order chi connectivity index (χ0) is 13.9. The molecule has 0 atom stereocenters. The van der Waals surface area contributed by atoms with Crippen molar-refractivity contribution in [1.82, 2.24) is 9.29 Å². The van der Waals surface area contributed by atoms with Crippen LogP contribution in [0.3, 0.4) is 0 Å². The van der Waals surface area contributed by atoms with Crippen LogP contribution in [-0.2, 0) is 10.0 Å².